The van der Waals surface area contributed by atoms with Gasteiger partial charge < -0.3 is 24.5 Å². The molecule has 0 unspecified atom stereocenters. The maximum Gasteiger partial charge on any atom is 0.191 e. The van der Waals surface area contributed by atoms with E-state index < -0.39 is 13.7 Å². The van der Waals surface area contributed by atoms with E-state index in [1.54, 1.807) is 0 Å². The van der Waals surface area contributed by atoms with E-state index in [1.807, 2.05) is 0 Å². The summed E-state index contributed by atoms with van der Waals surface area (Å²) in [5, 5.41) is 27.9. The van der Waals surface area contributed by atoms with E-state index in [0.717, 1.165) is 25.9 Å². The Morgan fingerprint density at radius 2 is 1.16 bits per heavy atom. The van der Waals surface area contributed by atoms with Gasteiger partial charge in [0.1, 0.15) is 0 Å². The zero-order valence-corrected chi connectivity index (χ0v) is 18.1. The number of aliphatic hydroxyl groups is 3. The molecular weight excluding hydrogens is 336 g/mol. The minimum absolute atomic E-state index is 0.196. The predicted molar refractivity (Wildman–Crippen MR) is 105 cm³/mol. The van der Waals surface area contributed by atoms with Crippen LogP contribution in [0.2, 0.25) is 18.1 Å². The van der Waals surface area contributed by atoms with Crippen LogP contribution in [0, 0.1) is 5.41 Å². The fraction of sp³-hybridized carbons (Fsp3) is 1.00. The Bertz CT molecular complexity index is 306. The Kier molecular flexibility index (Phi) is 12.4. The van der Waals surface area contributed by atoms with E-state index in [4.69, 9.17) is 9.16 Å². The summed E-state index contributed by atoms with van der Waals surface area (Å²) in [6.07, 6.45) is 6.84. The first-order valence-electron chi connectivity index (χ1n) is 9.68. The van der Waals surface area contributed by atoms with E-state index >= 15 is 0 Å². The third-order valence-electron chi connectivity index (χ3n) is 5.37. The van der Waals surface area contributed by atoms with E-state index in [1.165, 1.54) is 19.3 Å². The van der Waals surface area contributed by atoms with Crippen molar-refractivity contribution in [2.24, 2.45) is 5.41 Å². The lowest BCUT2D eigenvalue weighted by Crippen LogP contribution is -2.40. The van der Waals surface area contributed by atoms with Gasteiger partial charge in [-0.3, -0.25) is 0 Å². The fourth-order valence-electron chi connectivity index (χ4n) is 2.13. The molecule has 25 heavy (non-hydrogen) atoms. The van der Waals surface area contributed by atoms with E-state index in [2.05, 4.69) is 33.9 Å². The van der Waals surface area contributed by atoms with E-state index in [-0.39, 0.29) is 31.5 Å². The average Bonchev–Trinajstić information content (AvgIpc) is 2.55. The molecule has 0 spiro atoms. The Morgan fingerprint density at radius 3 is 1.60 bits per heavy atom. The normalized spacial score (nSPS) is 13.4. The number of hydrogen-bond donors (Lipinski definition) is 3. The molecule has 0 aromatic heterocycles. The third-order valence-corrected chi connectivity index (χ3v) is 9.90. The SMILES string of the molecule is CC(C)(C)[Si](C)(C)OCCCCCCCCOCC(CO)(CO)CO. The van der Waals surface area contributed by atoms with Crippen LogP contribution in [0.25, 0.3) is 0 Å². The number of ether oxygens (including phenoxy) is 1. The van der Waals surface area contributed by atoms with Gasteiger partial charge in [-0.05, 0) is 31.0 Å². The molecule has 3 N–H and O–H groups in total. The molecule has 0 bridgehead atoms. The third kappa shape index (κ3) is 10.1. The highest BCUT2D eigenvalue weighted by atomic mass is 28.4. The Morgan fingerprint density at radius 1 is 0.720 bits per heavy atom. The maximum absolute atomic E-state index is 9.21. The maximum atomic E-state index is 9.21. The monoisotopic (exact) mass is 378 g/mol. The van der Waals surface area contributed by atoms with E-state index in [0.29, 0.717) is 6.61 Å². The van der Waals surface area contributed by atoms with Gasteiger partial charge in [0.15, 0.2) is 8.32 Å². The number of hydrogen-bond acceptors (Lipinski definition) is 5. The van der Waals surface area contributed by atoms with Crippen molar-refractivity contribution in [3.05, 3.63) is 0 Å². The molecule has 0 saturated carbocycles. The largest absolute Gasteiger partial charge is 0.417 e. The molecule has 0 fully saturated rings. The van der Waals surface area contributed by atoms with E-state index in [9.17, 15) is 15.3 Å². The second-order valence-corrected chi connectivity index (χ2v) is 13.6. The number of aliphatic hydroxyl groups excluding tert-OH is 3. The molecule has 0 saturated heterocycles. The first kappa shape index (κ1) is 25.0. The van der Waals surface area contributed by atoms with Gasteiger partial charge in [-0.15, -0.1) is 0 Å². The molecule has 152 valence electrons. The van der Waals surface area contributed by atoms with Crippen molar-refractivity contribution >= 4 is 8.32 Å². The van der Waals surface area contributed by atoms with Gasteiger partial charge in [0.25, 0.3) is 0 Å². The fourth-order valence-corrected chi connectivity index (χ4v) is 3.22. The van der Waals surface area contributed by atoms with Crippen LogP contribution in [-0.4, -0.2) is 63.3 Å². The minimum atomic E-state index is -1.59. The van der Waals surface area contributed by atoms with Gasteiger partial charge in [-0.1, -0.05) is 46.5 Å². The van der Waals surface area contributed by atoms with Crippen LogP contribution in [0.15, 0.2) is 0 Å². The molecule has 0 aliphatic heterocycles. The number of unbranched alkanes of at least 4 members (excludes halogenated alkanes) is 5. The minimum Gasteiger partial charge on any atom is -0.417 e. The van der Waals surface area contributed by atoms with Crippen LogP contribution < -0.4 is 0 Å². The highest BCUT2D eigenvalue weighted by molar-refractivity contribution is 6.74. The van der Waals surface area contributed by atoms with Crippen molar-refractivity contribution in [2.75, 3.05) is 39.6 Å². The average molecular weight is 379 g/mol. The Balaban J connectivity index is 3.54. The summed E-state index contributed by atoms with van der Waals surface area (Å²) >= 11 is 0. The van der Waals surface area contributed by atoms with Gasteiger partial charge in [-0.2, -0.15) is 0 Å². The predicted octanol–water partition coefficient (Wildman–Crippen LogP) is 3.33. The first-order valence-corrected chi connectivity index (χ1v) is 12.6. The van der Waals surface area contributed by atoms with Crippen molar-refractivity contribution in [3.63, 3.8) is 0 Å². The van der Waals surface area contributed by atoms with Gasteiger partial charge in [0.05, 0.1) is 31.8 Å². The van der Waals surface area contributed by atoms with Crippen LogP contribution in [0.5, 0.6) is 0 Å². The smallest absolute Gasteiger partial charge is 0.191 e. The van der Waals surface area contributed by atoms with Crippen LogP contribution in [0.4, 0.5) is 0 Å². The van der Waals surface area contributed by atoms with Crippen molar-refractivity contribution in [2.45, 2.75) is 77.4 Å². The molecule has 0 amide bonds. The summed E-state index contributed by atoms with van der Waals surface area (Å²) in [6.45, 7) is 12.3. The highest BCUT2D eigenvalue weighted by Gasteiger charge is 2.36. The lowest BCUT2D eigenvalue weighted by atomic mass is 9.93. The van der Waals surface area contributed by atoms with Crippen molar-refractivity contribution < 1.29 is 24.5 Å². The van der Waals surface area contributed by atoms with Crippen LogP contribution >= 0.6 is 0 Å². The van der Waals surface area contributed by atoms with Crippen molar-refractivity contribution in [1.29, 1.82) is 0 Å². The molecule has 0 radical (unpaired) electrons. The second-order valence-electron chi connectivity index (χ2n) is 8.76. The highest BCUT2D eigenvalue weighted by Crippen LogP contribution is 2.36. The van der Waals surface area contributed by atoms with Gasteiger partial charge in [0.2, 0.25) is 0 Å². The summed E-state index contributed by atoms with van der Waals surface area (Å²) < 4.78 is 11.7. The quantitative estimate of drug-likeness (QED) is 0.301. The summed E-state index contributed by atoms with van der Waals surface area (Å²) in [4.78, 5) is 0. The molecule has 0 aliphatic carbocycles. The molecule has 0 heterocycles. The Labute approximate surface area is 155 Å². The van der Waals surface area contributed by atoms with Gasteiger partial charge in [-0.25, -0.2) is 0 Å². The summed E-state index contributed by atoms with van der Waals surface area (Å²) in [5.41, 5.74) is -0.913. The molecule has 0 aromatic rings. The zero-order chi connectivity index (χ0) is 19.4. The molecule has 0 aromatic carbocycles. The van der Waals surface area contributed by atoms with Crippen LogP contribution in [-0.2, 0) is 9.16 Å². The molecule has 0 rings (SSSR count). The standard InChI is InChI=1S/C19H42O5Si/c1-18(2,3)25(4,5)24-13-11-9-7-6-8-10-12-23-17-19(14-20,15-21)16-22/h20-22H,6-17H2,1-5H3. The molecule has 0 aliphatic rings. The van der Waals surface area contributed by atoms with Crippen molar-refractivity contribution in [3.8, 4) is 0 Å². The summed E-state index contributed by atoms with van der Waals surface area (Å²) in [7, 11) is -1.59. The lowest BCUT2D eigenvalue weighted by Gasteiger charge is -2.36. The van der Waals surface area contributed by atoms with Gasteiger partial charge >= 0.3 is 0 Å². The summed E-state index contributed by atoms with van der Waals surface area (Å²) in [6, 6.07) is 0. The Hall–Kier alpha value is 0.0169. The second kappa shape index (κ2) is 12.4. The van der Waals surface area contributed by atoms with Crippen LogP contribution in [0.1, 0.15) is 59.3 Å². The molecule has 0 atom stereocenters. The molecule has 6 heteroatoms. The summed E-state index contributed by atoms with van der Waals surface area (Å²) in [5.74, 6) is 0. The van der Waals surface area contributed by atoms with Crippen LogP contribution in [0.3, 0.4) is 0 Å². The number of rotatable bonds is 15. The first-order chi connectivity index (χ1) is 11.6. The van der Waals surface area contributed by atoms with Gasteiger partial charge in [0, 0.05) is 13.2 Å². The molecular formula is C19H42O5Si. The lowest BCUT2D eigenvalue weighted by molar-refractivity contribution is -0.0582. The zero-order valence-electron chi connectivity index (χ0n) is 17.1. The molecule has 5 nitrogen and oxygen atoms in total. The van der Waals surface area contributed by atoms with Crippen molar-refractivity contribution in [1.82, 2.24) is 0 Å². The topological polar surface area (TPSA) is 79.2 Å².